The fourth-order valence-corrected chi connectivity index (χ4v) is 5.19. The summed E-state index contributed by atoms with van der Waals surface area (Å²) in [6, 6.07) is 12.1. The van der Waals surface area contributed by atoms with Gasteiger partial charge < -0.3 is 10.2 Å². The zero-order chi connectivity index (χ0) is 21.5. The average Bonchev–Trinajstić information content (AvgIpc) is 3.17. The lowest BCUT2D eigenvalue weighted by molar-refractivity contribution is -0.137. The van der Waals surface area contributed by atoms with Crippen molar-refractivity contribution in [3.05, 3.63) is 85.5 Å². The van der Waals surface area contributed by atoms with E-state index in [1.165, 1.54) is 17.0 Å². The van der Waals surface area contributed by atoms with E-state index in [0.29, 0.717) is 27.4 Å². The van der Waals surface area contributed by atoms with Crippen LogP contribution in [0.5, 0.6) is 0 Å². The Morgan fingerprint density at radius 3 is 2.50 bits per heavy atom. The SMILES string of the molecule is FC(F)(F)c1ccc([C@H]2c3ccsc3CCN2C(=S)Nc2ccc(Cl)cc2Cl)cc1. The number of benzene rings is 2. The number of hydrogen-bond acceptors (Lipinski definition) is 2. The topological polar surface area (TPSA) is 15.3 Å². The summed E-state index contributed by atoms with van der Waals surface area (Å²) < 4.78 is 39.0. The molecule has 3 aromatic rings. The minimum atomic E-state index is -4.37. The predicted octanol–water partition coefficient (Wildman–Crippen LogP) is 7.42. The Labute approximate surface area is 191 Å². The summed E-state index contributed by atoms with van der Waals surface area (Å²) in [7, 11) is 0. The van der Waals surface area contributed by atoms with Crippen LogP contribution in [-0.2, 0) is 12.6 Å². The van der Waals surface area contributed by atoms with Gasteiger partial charge in [-0.2, -0.15) is 13.2 Å². The molecule has 0 amide bonds. The average molecular weight is 487 g/mol. The first-order chi connectivity index (χ1) is 14.2. The van der Waals surface area contributed by atoms with E-state index in [1.54, 1.807) is 29.5 Å². The van der Waals surface area contributed by atoms with E-state index in [2.05, 4.69) is 5.32 Å². The van der Waals surface area contributed by atoms with Gasteiger partial charge in [0, 0.05) is 16.4 Å². The molecular formula is C21H15Cl2F3N2S2. The van der Waals surface area contributed by atoms with Crippen LogP contribution in [0.4, 0.5) is 18.9 Å². The first-order valence-corrected chi connectivity index (χ1v) is 11.0. The molecule has 2 aromatic carbocycles. The monoisotopic (exact) mass is 486 g/mol. The maximum Gasteiger partial charge on any atom is 0.416 e. The number of hydrogen-bond donors (Lipinski definition) is 1. The maximum absolute atomic E-state index is 13.0. The van der Waals surface area contributed by atoms with Crippen molar-refractivity contribution in [3.8, 4) is 0 Å². The van der Waals surface area contributed by atoms with E-state index < -0.39 is 11.7 Å². The Morgan fingerprint density at radius 1 is 1.10 bits per heavy atom. The van der Waals surface area contributed by atoms with E-state index in [1.807, 2.05) is 16.3 Å². The molecule has 0 aliphatic carbocycles. The molecule has 1 aliphatic heterocycles. The van der Waals surface area contributed by atoms with Crippen LogP contribution in [0.3, 0.4) is 0 Å². The van der Waals surface area contributed by atoms with Crippen molar-refractivity contribution in [1.29, 1.82) is 0 Å². The van der Waals surface area contributed by atoms with Crippen LogP contribution in [0.15, 0.2) is 53.9 Å². The Morgan fingerprint density at radius 2 is 1.83 bits per heavy atom. The number of fused-ring (bicyclic) bond motifs is 1. The summed E-state index contributed by atoms with van der Waals surface area (Å²) in [6.07, 6.45) is -3.57. The molecule has 0 radical (unpaired) electrons. The third-order valence-electron chi connectivity index (χ3n) is 4.95. The maximum atomic E-state index is 13.0. The van der Waals surface area contributed by atoms with Gasteiger partial charge in [0.1, 0.15) is 0 Å². The number of thiocarbonyl (C=S) groups is 1. The van der Waals surface area contributed by atoms with Crippen molar-refractivity contribution >= 4 is 57.6 Å². The van der Waals surface area contributed by atoms with Crippen molar-refractivity contribution in [2.75, 3.05) is 11.9 Å². The van der Waals surface area contributed by atoms with E-state index in [-0.39, 0.29) is 6.04 Å². The van der Waals surface area contributed by atoms with Crippen LogP contribution in [0.25, 0.3) is 0 Å². The molecule has 156 valence electrons. The summed E-state index contributed by atoms with van der Waals surface area (Å²) in [5.74, 6) is 0. The molecular weight excluding hydrogens is 472 g/mol. The molecule has 2 heterocycles. The number of nitrogens with zero attached hydrogens (tertiary/aromatic N) is 1. The normalized spacial score (nSPS) is 16.3. The number of rotatable bonds is 2. The van der Waals surface area contributed by atoms with Gasteiger partial charge in [0.2, 0.25) is 0 Å². The summed E-state index contributed by atoms with van der Waals surface area (Å²) in [6.45, 7) is 0.635. The lowest BCUT2D eigenvalue weighted by atomic mass is 9.93. The fraction of sp³-hybridized carbons (Fsp3) is 0.190. The van der Waals surface area contributed by atoms with Gasteiger partial charge in [-0.25, -0.2) is 0 Å². The molecule has 1 atom stereocenters. The standard InChI is InChI=1S/C21H15Cl2F3N2S2/c22-14-5-6-17(16(23)11-14)27-20(29)28-9-7-18-15(8-10-30-18)19(28)12-1-3-13(4-2-12)21(24,25)26/h1-6,8,10-11,19H,7,9H2,(H,27,29)/t19-/m0/s1. The highest BCUT2D eigenvalue weighted by Gasteiger charge is 2.33. The van der Waals surface area contributed by atoms with Crippen LogP contribution < -0.4 is 5.32 Å². The summed E-state index contributed by atoms with van der Waals surface area (Å²) in [5, 5.41) is 6.55. The van der Waals surface area contributed by atoms with Crippen molar-refractivity contribution in [3.63, 3.8) is 0 Å². The fourth-order valence-electron chi connectivity index (χ4n) is 3.53. The van der Waals surface area contributed by atoms with E-state index >= 15 is 0 Å². The minimum absolute atomic E-state index is 0.284. The molecule has 0 fully saturated rings. The first kappa shape index (κ1) is 21.4. The van der Waals surface area contributed by atoms with Gasteiger partial charge in [-0.15, -0.1) is 11.3 Å². The Bertz CT molecular complexity index is 1080. The van der Waals surface area contributed by atoms with E-state index in [9.17, 15) is 13.2 Å². The Kier molecular flexibility index (Phi) is 5.99. The highest BCUT2D eigenvalue weighted by molar-refractivity contribution is 7.80. The van der Waals surface area contributed by atoms with Crippen molar-refractivity contribution in [2.45, 2.75) is 18.6 Å². The number of anilines is 1. The number of thiophene rings is 1. The quantitative estimate of drug-likeness (QED) is 0.379. The third kappa shape index (κ3) is 4.30. The molecule has 0 saturated heterocycles. The van der Waals surface area contributed by atoms with Gasteiger partial charge in [0.15, 0.2) is 5.11 Å². The molecule has 1 aliphatic rings. The van der Waals surface area contributed by atoms with Crippen molar-refractivity contribution < 1.29 is 13.2 Å². The number of halogens is 5. The van der Waals surface area contributed by atoms with Crippen LogP contribution >= 0.6 is 46.8 Å². The molecule has 0 bridgehead atoms. The van der Waals surface area contributed by atoms with Gasteiger partial charge in [0.25, 0.3) is 0 Å². The van der Waals surface area contributed by atoms with Crippen molar-refractivity contribution in [1.82, 2.24) is 4.90 Å². The minimum Gasteiger partial charge on any atom is -0.337 e. The predicted molar refractivity (Wildman–Crippen MR) is 121 cm³/mol. The molecule has 4 rings (SSSR count). The smallest absolute Gasteiger partial charge is 0.337 e. The highest BCUT2D eigenvalue weighted by Crippen LogP contribution is 2.39. The largest absolute Gasteiger partial charge is 0.416 e. The summed E-state index contributed by atoms with van der Waals surface area (Å²) in [5.41, 5.74) is 1.74. The zero-order valence-corrected chi connectivity index (χ0v) is 18.5. The van der Waals surface area contributed by atoms with Crippen LogP contribution in [0, 0.1) is 0 Å². The summed E-state index contributed by atoms with van der Waals surface area (Å²) >= 11 is 19.5. The van der Waals surface area contributed by atoms with Gasteiger partial charge in [0.05, 0.1) is 22.3 Å². The van der Waals surface area contributed by atoms with Gasteiger partial charge >= 0.3 is 6.18 Å². The van der Waals surface area contributed by atoms with Gasteiger partial charge in [-0.05, 0) is 71.5 Å². The second-order valence-electron chi connectivity index (χ2n) is 6.82. The molecule has 0 spiro atoms. The lowest BCUT2D eigenvalue weighted by Crippen LogP contribution is -2.42. The molecule has 0 unspecified atom stereocenters. The third-order valence-corrected chi connectivity index (χ3v) is 6.83. The molecule has 9 heteroatoms. The summed E-state index contributed by atoms with van der Waals surface area (Å²) in [4.78, 5) is 3.20. The molecule has 1 N–H and O–H groups in total. The zero-order valence-electron chi connectivity index (χ0n) is 15.3. The van der Waals surface area contributed by atoms with Crippen LogP contribution in [0.1, 0.15) is 27.6 Å². The Balaban J connectivity index is 1.67. The lowest BCUT2D eigenvalue weighted by Gasteiger charge is -2.38. The molecule has 2 nitrogen and oxygen atoms in total. The highest BCUT2D eigenvalue weighted by atomic mass is 35.5. The van der Waals surface area contributed by atoms with E-state index in [4.69, 9.17) is 35.4 Å². The molecule has 0 saturated carbocycles. The number of alkyl halides is 3. The van der Waals surface area contributed by atoms with Crippen molar-refractivity contribution in [2.24, 2.45) is 0 Å². The van der Waals surface area contributed by atoms with E-state index in [0.717, 1.165) is 29.7 Å². The van der Waals surface area contributed by atoms with Gasteiger partial charge in [-0.3, -0.25) is 0 Å². The number of nitrogens with one attached hydrogen (secondary N) is 1. The van der Waals surface area contributed by atoms with Crippen LogP contribution in [-0.4, -0.2) is 16.6 Å². The second kappa shape index (κ2) is 8.38. The molecule has 30 heavy (non-hydrogen) atoms. The first-order valence-electron chi connectivity index (χ1n) is 9.00. The molecule has 1 aromatic heterocycles. The Hall–Kier alpha value is -1.80. The van der Waals surface area contributed by atoms with Gasteiger partial charge in [-0.1, -0.05) is 35.3 Å². The second-order valence-corrected chi connectivity index (χ2v) is 9.05. The van der Waals surface area contributed by atoms with Crippen LogP contribution in [0.2, 0.25) is 10.0 Å².